The summed E-state index contributed by atoms with van der Waals surface area (Å²) in [5, 5.41) is 2.04. The van der Waals surface area contributed by atoms with Crippen molar-refractivity contribution < 1.29 is 0 Å². The molecule has 72 valence electrons. The Morgan fingerprint density at radius 3 is 2.33 bits per heavy atom. The second-order valence-corrected chi connectivity index (χ2v) is 3.31. The molecular formula is C9H21N3. The van der Waals surface area contributed by atoms with Crippen molar-refractivity contribution in [2.45, 2.75) is 46.2 Å². The summed E-state index contributed by atoms with van der Waals surface area (Å²) in [7, 11) is 1.79. The topological polar surface area (TPSA) is 27.6 Å². The predicted molar refractivity (Wildman–Crippen MR) is 54.3 cm³/mol. The first-order chi connectivity index (χ1) is 5.61. The molecule has 1 N–H and O–H groups in total. The van der Waals surface area contributed by atoms with Gasteiger partial charge in [-0.2, -0.15) is 0 Å². The van der Waals surface area contributed by atoms with Gasteiger partial charge in [0.2, 0.25) is 0 Å². The number of aliphatic imine (C=N–C) groups is 1. The lowest BCUT2D eigenvalue weighted by Crippen LogP contribution is -2.46. The summed E-state index contributed by atoms with van der Waals surface area (Å²) in [6, 6.07) is 0.952. The molecule has 0 aliphatic heterocycles. The fourth-order valence-electron chi connectivity index (χ4n) is 0.786. The van der Waals surface area contributed by atoms with Crippen LogP contribution in [0, 0.1) is 0 Å². The van der Waals surface area contributed by atoms with E-state index in [0.29, 0.717) is 12.1 Å². The Balaban J connectivity index is 3.95. The molecule has 0 aromatic carbocycles. The zero-order valence-corrected chi connectivity index (χ0v) is 8.83. The predicted octanol–water partition coefficient (Wildman–Crippen LogP) is 1.66. The summed E-state index contributed by atoms with van der Waals surface area (Å²) < 4.78 is 0. The summed E-state index contributed by atoms with van der Waals surface area (Å²) in [6.45, 7) is 8.60. The van der Waals surface area contributed by atoms with Gasteiger partial charge in [-0.25, -0.2) is 5.43 Å². The van der Waals surface area contributed by atoms with E-state index in [1.807, 2.05) is 11.3 Å². The van der Waals surface area contributed by atoms with Crippen LogP contribution in [0.1, 0.15) is 34.1 Å². The molecule has 0 bridgehead atoms. The Morgan fingerprint density at radius 1 is 1.42 bits per heavy atom. The third-order valence-electron chi connectivity index (χ3n) is 1.78. The van der Waals surface area contributed by atoms with Gasteiger partial charge in [0.15, 0.2) is 0 Å². The second-order valence-electron chi connectivity index (χ2n) is 3.31. The minimum absolute atomic E-state index is 0.447. The van der Waals surface area contributed by atoms with E-state index >= 15 is 0 Å². The number of hydrogen-bond donors (Lipinski definition) is 1. The fourth-order valence-corrected chi connectivity index (χ4v) is 0.786. The van der Waals surface area contributed by atoms with Crippen molar-refractivity contribution in [3.63, 3.8) is 0 Å². The van der Waals surface area contributed by atoms with Gasteiger partial charge in [0.1, 0.15) is 0 Å². The summed E-state index contributed by atoms with van der Waals surface area (Å²) in [5.41, 5.74) is 3.35. The summed E-state index contributed by atoms with van der Waals surface area (Å²) >= 11 is 0. The average Bonchev–Trinajstić information content (AvgIpc) is 2.03. The van der Waals surface area contributed by atoms with Gasteiger partial charge in [-0.1, -0.05) is 6.92 Å². The van der Waals surface area contributed by atoms with Crippen molar-refractivity contribution in [2.75, 3.05) is 7.05 Å². The van der Waals surface area contributed by atoms with Crippen molar-refractivity contribution >= 4 is 6.34 Å². The Bertz CT molecular complexity index is 132. The van der Waals surface area contributed by atoms with Crippen LogP contribution in [0.25, 0.3) is 0 Å². The highest BCUT2D eigenvalue weighted by Gasteiger charge is 2.06. The molecule has 3 nitrogen and oxygen atoms in total. The number of nitrogens with zero attached hydrogens (tertiary/aromatic N) is 2. The second kappa shape index (κ2) is 6.00. The normalized spacial score (nSPS) is 14.2. The highest BCUT2D eigenvalue weighted by atomic mass is 15.5. The SMILES string of the molecule is CCC(C)NN(C=NC)C(C)C. The lowest BCUT2D eigenvalue weighted by atomic mass is 10.3. The van der Waals surface area contributed by atoms with Gasteiger partial charge < -0.3 is 0 Å². The van der Waals surface area contributed by atoms with Gasteiger partial charge in [0.25, 0.3) is 0 Å². The van der Waals surface area contributed by atoms with Crippen LogP contribution in [0.3, 0.4) is 0 Å². The summed E-state index contributed by atoms with van der Waals surface area (Å²) in [5.74, 6) is 0. The molecule has 0 aliphatic carbocycles. The lowest BCUT2D eigenvalue weighted by Gasteiger charge is -2.27. The third kappa shape index (κ3) is 4.34. The molecule has 3 heteroatoms. The van der Waals surface area contributed by atoms with Crippen molar-refractivity contribution in [3.8, 4) is 0 Å². The van der Waals surface area contributed by atoms with Crippen molar-refractivity contribution in [2.24, 2.45) is 4.99 Å². The molecule has 0 fully saturated rings. The van der Waals surface area contributed by atoms with E-state index in [1.165, 1.54) is 0 Å². The largest absolute Gasteiger partial charge is 0.296 e. The first-order valence-corrected chi connectivity index (χ1v) is 4.58. The zero-order valence-electron chi connectivity index (χ0n) is 8.83. The third-order valence-corrected chi connectivity index (χ3v) is 1.78. The van der Waals surface area contributed by atoms with E-state index in [1.54, 1.807) is 7.05 Å². The molecule has 0 rings (SSSR count). The average molecular weight is 171 g/mol. The molecule has 0 radical (unpaired) electrons. The summed E-state index contributed by atoms with van der Waals surface area (Å²) in [4.78, 5) is 3.98. The van der Waals surface area contributed by atoms with E-state index in [9.17, 15) is 0 Å². The van der Waals surface area contributed by atoms with Crippen molar-refractivity contribution in [1.29, 1.82) is 0 Å². The molecular weight excluding hydrogens is 150 g/mol. The molecule has 1 atom stereocenters. The van der Waals surface area contributed by atoms with Crippen LogP contribution in [0.15, 0.2) is 4.99 Å². The fraction of sp³-hybridized carbons (Fsp3) is 0.889. The van der Waals surface area contributed by atoms with Gasteiger partial charge in [-0.05, 0) is 27.2 Å². The van der Waals surface area contributed by atoms with Gasteiger partial charge in [0.05, 0.1) is 6.34 Å². The van der Waals surface area contributed by atoms with Crippen molar-refractivity contribution in [3.05, 3.63) is 0 Å². The quantitative estimate of drug-likeness (QED) is 0.387. The maximum Gasteiger partial charge on any atom is 0.0991 e. The van der Waals surface area contributed by atoms with Gasteiger partial charge >= 0.3 is 0 Å². The number of rotatable bonds is 5. The molecule has 0 spiro atoms. The van der Waals surface area contributed by atoms with Crippen LogP contribution in [0.5, 0.6) is 0 Å². The molecule has 0 aromatic rings. The standard InChI is InChI=1S/C9H21N3/c1-6-9(4)11-12(7-10-5)8(2)3/h7-9,11H,6H2,1-5H3. The Hall–Kier alpha value is -0.570. The molecule has 0 saturated heterocycles. The van der Waals surface area contributed by atoms with E-state index in [-0.39, 0.29) is 0 Å². The molecule has 0 saturated carbocycles. The first-order valence-electron chi connectivity index (χ1n) is 4.58. The van der Waals surface area contributed by atoms with Crippen LogP contribution >= 0.6 is 0 Å². The maximum atomic E-state index is 3.98. The Kier molecular flexibility index (Phi) is 5.72. The molecule has 0 aliphatic rings. The van der Waals surface area contributed by atoms with Gasteiger partial charge in [0, 0.05) is 19.1 Å². The van der Waals surface area contributed by atoms with Crippen LogP contribution in [-0.2, 0) is 0 Å². The van der Waals surface area contributed by atoms with Crippen LogP contribution < -0.4 is 5.43 Å². The first kappa shape index (κ1) is 11.4. The maximum absolute atomic E-state index is 3.98. The van der Waals surface area contributed by atoms with Crippen molar-refractivity contribution in [1.82, 2.24) is 10.4 Å². The highest BCUT2D eigenvalue weighted by Crippen LogP contribution is 1.94. The minimum atomic E-state index is 0.447. The Morgan fingerprint density at radius 2 is 2.00 bits per heavy atom. The van der Waals surface area contributed by atoms with Gasteiger partial charge in [-0.3, -0.25) is 10.0 Å². The van der Waals surface area contributed by atoms with Crippen LogP contribution in [0.4, 0.5) is 0 Å². The monoisotopic (exact) mass is 171 g/mol. The smallest absolute Gasteiger partial charge is 0.0991 e. The molecule has 12 heavy (non-hydrogen) atoms. The minimum Gasteiger partial charge on any atom is -0.296 e. The number of nitrogens with one attached hydrogen (secondary N) is 1. The molecule has 0 amide bonds. The van der Waals surface area contributed by atoms with E-state index < -0.39 is 0 Å². The van der Waals surface area contributed by atoms with Crippen LogP contribution in [0.2, 0.25) is 0 Å². The van der Waals surface area contributed by atoms with E-state index in [2.05, 4.69) is 38.1 Å². The number of hydrogen-bond acceptors (Lipinski definition) is 2. The van der Waals surface area contributed by atoms with Crippen LogP contribution in [-0.4, -0.2) is 30.5 Å². The molecule has 0 heterocycles. The summed E-state index contributed by atoms with van der Waals surface area (Å²) in [6.07, 6.45) is 2.96. The molecule has 1 unspecified atom stereocenters. The number of hydrazine groups is 1. The molecule has 0 aromatic heterocycles. The Labute approximate surface area is 75.8 Å². The van der Waals surface area contributed by atoms with Gasteiger partial charge in [-0.15, -0.1) is 0 Å². The van der Waals surface area contributed by atoms with E-state index in [4.69, 9.17) is 0 Å². The highest BCUT2D eigenvalue weighted by molar-refractivity contribution is 5.54. The zero-order chi connectivity index (χ0) is 9.56. The lowest BCUT2D eigenvalue weighted by molar-refractivity contribution is 0.227. The van der Waals surface area contributed by atoms with E-state index in [0.717, 1.165) is 6.42 Å².